The molecule has 0 radical (unpaired) electrons. The topological polar surface area (TPSA) is 115 Å². The molecule has 24 heavy (non-hydrogen) atoms. The molecule has 0 spiro atoms. The fourth-order valence-corrected chi connectivity index (χ4v) is 2.78. The lowest BCUT2D eigenvalue weighted by molar-refractivity contribution is -0.140. The first-order chi connectivity index (χ1) is 11.3. The Morgan fingerprint density at radius 3 is 2.08 bits per heavy atom. The minimum atomic E-state index is -1.35. The molecule has 2 rings (SSSR count). The molecular formula is C16H18N2O6. The van der Waals surface area contributed by atoms with Crippen LogP contribution in [0.5, 0.6) is 0 Å². The molecule has 1 aromatic rings. The fraction of sp³-hybridized carbons (Fsp3) is 0.375. The highest BCUT2D eigenvalue weighted by Crippen LogP contribution is 2.37. The van der Waals surface area contributed by atoms with Gasteiger partial charge < -0.3 is 15.1 Å². The van der Waals surface area contributed by atoms with Gasteiger partial charge in [-0.15, -0.1) is 0 Å². The van der Waals surface area contributed by atoms with E-state index < -0.39 is 29.4 Å². The molecule has 1 atom stereocenters. The lowest BCUT2D eigenvalue weighted by Gasteiger charge is -2.31. The SMILES string of the molecule is CC1(c2ccccc2)C(=O)N(CCC(=O)O)C(=O)N1CCC(=O)O. The lowest BCUT2D eigenvalue weighted by atomic mass is 9.90. The van der Waals surface area contributed by atoms with Gasteiger partial charge in [-0.2, -0.15) is 0 Å². The maximum absolute atomic E-state index is 12.8. The van der Waals surface area contributed by atoms with Gasteiger partial charge in [0.1, 0.15) is 5.54 Å². The Kier molecular flexibility index (Phi) is 4.87. The zero-order valence-electron chi connectivity index (χ0n) is 13.1. The summed E-state index contributed by atoms with van der Waals surface area (Å²) in [5.74, 6) is -2.76. The van der Waals surface area contributed by atoms with Crippen LogP contribution >= 0.6 is 0 Å². The molecule has 1 aromatic carbocycles. The normalized spacial score (nSPS) is 20.5. The van der Waals surface area contributed by atoms with Crippen LogP contribution < -0.4 is 0 Å². The molecule has 0 aliphatic carbocycles. The van der Waals surface area contributed by atoms with E-state index in [2.05, 4.69) is 0 Å². The zero-order chi connectivity index (χ0) is 17.9. The summed E-state index contributed by atoms with van der Waals surface area (Å²) in [6.07, 6.45) is -0.677. The monoisotopic (exact) mass is 334 g/mol. The number of hydrogen-bond acceptors (Lipinski definition) is 4. The number of aliphatic carboxylic acids is 2. The van der Waals surface area contributed by atoms with Gasteiger partial charge in [0.05, 0.1) is 12.8 Å². The summed E-state index contributed by atoms with van der Waals surface area (Å²) < 4.78 is 0. The van der Waals surface area contributed by atoms with Crippen molar-refractivity contribution in [2.45, 2.75) is 25.3 Å². The first-order valence-electron chi connectivity index (χ1n) is 7.41. The van der Waals surface area contributed by atoms with Crippen LogP contribution in [0, 0.1) is 0 Å². The summed E-state index contributed by atoms with van der Waals surface area (Å²) in [4.78, 5) is 49.1. The summed E-state index contributed by atoms with van der Waals surface area (Å²) in [7, 11) is 0. The van der Waals surface area contributed by atoms with E-state index in [4.69, 9.17) is 10.2 Å². The maximum Gasteiger partial charge on any atom is 0.327 e. The van der Waals surface area contributed by atoms with Crippen molar-refractivity contribution >= 4 is 23.9 Å². The van der Waals surface area contributed by atoms with Crippen LogP contribution in [0.3, 0.4) is 0 Å². The van der Waals surface area contributed by atoms with Crippen molar-refractivity contribution in [3.63, 3.8) is 0 Å². The number of imide groups is 1. The van der Waals surface area contributed by atoms with Gasteiger partial charge in [-0.05, 0) is 12.5 Å². The van der Waals surface area contributed by atoms with E-state index in [0.29, 0.717) is 5.56 Å². The van der Waals surface area contributed by atoms with Gasteiger partial charge in [-0.25, -0.2) is 4.79 Å². The van der Waals surface area contributed by atoms with Gasteiger partial charge >= 0.3 is 18.0 Å². The van der Waals surface area contributed by atoms with Crippen LogP contribution in [-0.2, 0) is 19.9 Å². The third-order valence-electron chi connectivity index (χ3n) is 4.10. The van der Waals surface area contributed by atoms with Crippen molar-refractivity contribution in [3.8, 4) is 0 Å². The lowest BCUT2D eigenvalue weighted by Crippen LogP contribution is -2.45. The molecule has 1 aliphatic heterocycles. The van der Waals surface area contributed by atoms with Crippen molar-refractivity contribution in [1.29, 1.82) is 0 Å². The third-order valence-corrected chi connectivity index (χ3v) is 4.10. The van der Waals surface area contributed by atoms with Crippen LogP contribution in [0.1, 0.15) is 25.3 Å². The number of carbonyl (C=O) groups is 4. The standard InChI is InChI=1S/C16H18N2O6/c1-16(11-5-3-2-4-6-11)14(23)17(9-7-12(19)20)15(24)18(16)10-8-13(21)22/h2-6H,7-10H2,1H3,(H,19,20)(H,21,22). The van der Waals surface area contributed by atoms with Crippen molar-refractivity contribution in [3.05, 3.63) is 35.9 Å². The number of carboxylic acids is 2. The zero-order valence-corrected chi connectivity index (χ0v) is 13.1. The van der Waals surface area contributed by atoms with E-state index in [1.54, 1.807) is 37.3 Å². The minimum absolute atomic E-state index is 0.144. The van der Waals surface area contributed by atoms with E-state index in [0.717, 1.165) is 4.90 Å². The van der Waals surface area contributed by atoms with Crippen molar-refractivity contribution in [2.24, 2.45) is 0 Å². The molecule has 1 saturated heterocycles. The molecule has 1 fully saturated rings. The second-order valence-corrected chi connectivity index (χ2v) is 5.62. The third kappa shape index (κ3) is 3.08. The highest BCUT2D eigenvalue weighted by atomic mass is 16.4. The summed E-state index contributed by atoms with van der Waals surface area (Å²) in [5, 5.41) is 17.7. The number of amides is 3. The summed E-state index contributed by atoms with van der Waals surface area (Å²) in [6.45, 7) is 1.15. The quantitative estimate of drug-likeness (QED) is 0.722. The molecule has 3 amide bonds. The summed E-state index contributed by atoms with van der Waals surface area (Å²) in [6, 6.07) is 7.88. The Labute approximate surface area is 138 Å². The average Bonchev–Trinajstić information content (AvgIpc) is 2.72. The van der Waals surface area contributed by atoms with Crippen molar-refractivity contribution in [2.75, 3.05) is 13.1 Å². The smallest absolute Gasteiger partial charge is 0.327 e. The highest BCUT2D eigenvalue weighted by Gasteiger charge is 2.54. The molecular weight excluding hydrogens is 316 g/mol. The Morgan fingerprint density at radius 2 is 1.54 bits per heavy atom. The first kappa shape index (κ1) is 17.5. The molecule has 2 N–H and O–H groups in total. The van der Waals surface area contributed by atoms with Gasteiger partial charge in [0.2, 0.25) is 0 Å². The van der Waals surface area contributed by atoms with Crippen molar-refractivity contribution in [1.82, 2.24) is 9.80 Å². The van der Waals surface area contributed by atoms with Crippen LogP contribution in [0.15, 0.2) is 30.3 Å². The Morgan fingerprint density at radius 1 is 1.00 bits per heavy atom. The largest absolute Gasteiger partial charge is 0.481 e. The summed E-state index contributed by atoms with van der Waals surface area (Å²) in [5.41, 5.74) is -0.807. The number of nitrogens with zero attached hydrogens (tertiary/aromatic N) is 2. The molecule has 0 bridgehead atoms. The predicted molar refractivity (Wildman–Crippen MR) is 82.1 cm³/mol. The second kappa shape index (κ2) is 6.69. The second-order valence-electron chi connectivity index (χ2n) is 5.62. The molecule has 8 nitrogen and oxygen atoms in total. The number of urea groups is 1. The molecule has 1 aliphatic rings. The van der Waals surface area contributed by atoms with Gasteiger partial charge in [-0.3, -0.25) is 19.3 Å². The Bertz CT molecular complexity index is 674. The van der Waals surface area contributed by atoms with E-state index in [1.165, 1.54) is 4.90 Å². The molecule has 0 aromatic heterocycles. The predicted octanol–water partition coefficient (Wildman–Crippen LogP) is 1.12. The number of benzene rings is 1. The van der Waals surface area contributed by atoms with Crippen LogP contribution in [-0.4, -0.2) is 57.0 Å². The molecule has 8 heteroatoms. The molecule has 1 heterocycles. The average molecular weight is 334 g/mol. The van der Waals surface area contributed by atoms with Crippen molar-refractivity contribution < 1.29 is 29.4 Å². The van der Waals surface area contributed by atoms with E-state index in [9.17, 15) is 19.2 Å². The van der Waals surface area contributed by atoms with Gasteiger partial charge in [0.15, 0.2) is 0 Å². The van der Waals surface area contributed by atoms with Crippen LogP contribution in [0.4, 0.5) is 4.79 Å². The Balaban J connectivity index is 2.39. The highest BCUT2D eigenvalue weighted by molar-refractivity contribution is 6.07. The van der Waals surface area contributed by atoms with Gasteiger partial charge in [0, 0.05) is 13.1 Å². The van der Waals surface area contributed by atoms with Gasteiger partial charge in [0.25, 0.3) is 5.91 Å². The van der Waals surface area contributed by atoms with Crippen LogP contribution in [0.25, 0.3) is 0 Å². The first-order valence-corrected chi connectivity index (χ1v) is 7.41. The molecule has 128 valence electrons. The summed E-state index contributed by atoms with van der Waals surface area (Å²) >= 11 is 0. The number of rotatable bonds is 7. The van der Waals surface area contributed by atoms with E-state index in [-0.39, 0.29) is 25.9 Å². The number of carbonyl (C=O) groups excluding carboxylic acids is 2. The number of hydrogen-bond donors (Lipinski definition) is 2. The number of carboxylic acid groups (broad SMARTS) is 2. The van der Waals surface area contributed by atoms with Gasteiger partial charge in [-0.1, -0.05) is 30.3 Å². The van der Waals surface area contributed by atoms with E-state index in [1.807, 2.05) is 0 Å². The molecule has 0 saturated carbocycles. The minimum Gasteiger partial charge on any atom is -0.481 e. The Hall–Kier alpha value is -2.90. The van der Waals surface area contributed by atoms with E-state index >= 15 is 0 Å². The fourth-order valence-electron chi connectivity index (χ4n) is 2.78. The van der Waals surface area contributed by atoms with Crippen LogP contribution in [0.2, 0.25) is 0 Å². The maximum atomic E-state index is 12.8. The molecule has 1 unspecified atom stereocenters.